The Morgan fingerprint density at radius 2 is 2.05 bits per heavy atom. The van der Waals surface area contributed by atoms with Gasteiger partial charge in [-0.25, -0.2) is 4.98 Å². The molecular weight excluding hydrogens is 399 g/mol. The van der Waals surface area contributed by atoms with Crippen LogP contribution < -0.4 is 10.6 Å². The smallest absolute Gasteiger partial charge is 0.191 e. The van der Waals surface area contributed by atoms with Crippen LogP contribution in [0, 0.1) is 13.8 Å². The van der Waals surface area contributed by atoms with E-state index >= 15 is 0 Å². The first-order valence-corrected chi connectivity index (χ1v) is 7.25. The largest absolute Gasteiger partial charge is 0.352 e. The van der Waals surface area contributed by atoms with Crippen LogP contribution in [0.4, 0.5) is 0 Å². The maximum atomic E-state index is 4.42. The fourth-order valence-corrected chi connectivity index (χ4v) is 2.75. The summed E-state index contributed by atoms with van der Waals surface area (Å²) in [6.45, 7) is 5.50. The summed E-state index contributed by atoms with van der Waals surface area (Å²) in [5.74, 6) is 0.777. The minimum atomic E-state index is 0. The van der Waals surface area contributed by atoms with Gasteiger partial charge in [0.05, 0.1) is 23.4 Å². The fourth-order valence-electron chi connectivity index (χ4n) is 1.87. The van der Waals surface area contributed by atoms with Gasteiger partial charge in [0, 0.05) is 37.3 Å². The van der Waals surface area contributed by atoms with E-state index in [0.29, 0.717) is 6.54 Å². The lowest BCUT2D eigenvalue weighted by molar-refractivity contribution is 0.765. The Morgan fingerprint density at radius 3 is 2.57 bits per heavy atom. The molecule has 21 heavy (non-hydrogen) atoms. The van der Waals surface area contributed by atoms with Gasteiger partial charge in [-0.3, -0.25) is 9.67 Å². The summed E-state index contributed by atoms with van der Waals surface area (Å²) >= 11 is 1.71. The lowest BCUT2D eigenvalue weighted by Crippen LogP contribution is -2.36. The number of halogens is 1. The van der Waals surface area contributed by atoms with Gasteiger partial charge in [-0.05, 0) is 13.8 Å². The van der Waals surface area contributed by atoms with Crippen molar-refractivity contribution in [3.05, 3.63) is 33.5 Å². The minimum absolute atomic E-state index is 0. The van der Waals surface area contributed by atoms with Gasteiger partial charge >= 0.3 is 0 Å². The zero-order chi connectivity index (χ0) is 14.5. The molecule has 0 unspecified atom stereocenters. The molecule has 0 aliphatic carbocycles. The van der Waals surface area contributed by atoms with Crippen LogP contribution >= 0.6 is 35.3 Å². The van der Waals surface area contributed by atoms with E-state index < -0.39 is 0 Å². The molecule has 0 saturated carbocycles. The maximum Gasteiger partial charge on any atom is 0.191 e. The Morgan fingerprint density at radius 1 is 1.33 bits per heavy atom. The first-order valence-electron chi connectivity index (χ1n) is 6.43. The van der Waals surface area contributed by atoms with Gasteiger partial charge in [-0.1, -0.05) is 0 Å². The van der Waals surface area contributed by atoms with Gasteiger partial charge in [0.1, 0.15) is 0 Å². The monoisotopic (exact) mass is 420 g/mol. The first-order chi connectivity index (χ1) is 9.58. The molecule has 2 N–H and O–H groups in total. The van der Waals surface area contributed by atoms with Crippen LogP contribution in [0.25, 0.3) is 0 Å². The number of nitrogens with one attached hydrogen (secondary N) is 2. The molecule has 0 aromatic carbocycles. The number of hydrogen-bond acceptors (Lipinski definition) is 4. The average molecular weight is 420 g/mol. The molecule has 0 spiro atoms. The van der Waals surface area contributed by atoms with E-state index in [9.17, 15) is 0 Å². The molecule has 0 aliphatic heterocycles. The van der Waals surface area contributed by atoms with E-state index in [4.69, 9.17) is 0 Å². The Kier molecular flexibility index (Phi) is 7.09. The van der Waals surface area contributed by atoms with Gasteiger partial charge in [0.2, 0.25) is 0 Å². The van der Waals surface area contributed by atoms with Gasteiger partial charge in [0.15, 0.2) is 5.96 Å². The molecule has 0 amide bonds. The second-order valence-electron chi connectivity index (χ2n) is 4.54. The number of aromatic nitrogens is 3. The highest BCUT2D eigenvalue weighted by Crippen LogP contribution is 2.16. The Bertz CT molecular complexity index is 604. The third-order valence-corrected chi connectivity index (χ3v) is 3.93. The highest BCUT2D eigenvalue weighted by molar-refractivity contribution is 14.0. The van der Waals surface area contributed by atoms with Crippen molar-refractivity contribution < 1.29 is 0 Å². The Balaban J connectivity index is 0.00000220. The highest BCUT2D eigenvalue weighted by atomic mass is 127. The number of aryl methyl sites for hydroxylation is 3. The maximum absolute atomic E-state index is 4.42. The van der Waals surface area contributed by atoms with Crippen molar-refractivity contribution in [2.75, 3.05) is 7.05 Å². The number of rotatable bonds is 4. The van der Waals surface area contributed by atoms with Gasteiger partial charge < -0.3 is 10.6 Å². The first kappa shape index (κ1) is 17.9. The predicted molar refractivity (Wildman–Crippen MR) is 97.2 cm³/mol. The third kappa shape index (κ3) is 5.27. The van der Waals surface area contributed by atoms with Gasteiger partial charge in [-0.2, -0.15) is 5.10 Å². The lowest BCUT2D eigenvalue weighted by Gasteiger charge is -2.10. The summed E-state index contributed by atoms with van der Waals surface area (Å²) in [6.07, 6.45) is 3.83. The molecule has 2 heterocycles. The third-order valence-electron chi connectivity index (χ3n) is 2.86. The fraction of sp³-hybridized carbons (Fsp3) is 0.462. The van der Waals surface area contributed by atoms with E-state index in [1.54, 1.807) is 23.1 Å². The molecular formula is C13H21IN6S. The number of aliphatic imine (C=N–C) groups is 1. The molecule has 2 rings (SSSR count). The quantitative estimate of drug-likeness (QED) is 0.451. The van der Waals surface area contributed by atoms with E-state index in [0.717, 1.165) is 28.8 Å². The molecule has 0 aliphatic rings. The van der Waals surface area contributed by atoms with Crippen LogP contribution in [0.15, 0.2) is 17.4 Å². The van der Waals surface area contributed by atoms with Crippen LogP contribution in [0.2, 0.25) is 0 Å². The molecule has 0 fully saturated rings. The molecule has 0 saturated heterocycles. The summed E-state index contributed by atoms with van der Waals surface area (Å²) in [6, 6.07) is 0. The molecule has 0 atom stereocenters. The average Bonchev–Trinajstić information content (AvgIpc) is 2.96. The zero-order valence-corrected chi connectivity index (χ0v) is 15.8. The van der Waals surface area contributed by atoms with Crippen molar-refractivity contribution in [3.8, 4) is 0 Å². The SMILES string of the molecule is CN=C(NCc1cnn(C)c1)NCc1sc(C)nc1C.I. The van der Waals surface area contributed by atoms with E-state index in [2.05, 4.69) is 25.7 Å². The van der Waals surface area contributed by atoms with E-state index in [1.165, 1.54) is 4.88 Å². The van der Waals surface area contributed by atoms with Crippen LogP contribution in [-0.4, -0.2) is 27.8 Å². The number of hydrogen-bond donors (Lipinski definition) is 2. The van der Waals surface area contributed by atoms with Crippen molar-refractivity contribution in [2.24, 2.45) is 12.0 Å². The second kappa shape index (κ2) is 8.32. The zero-order valence-electron chi connectivity index (χ0n) is 12.7. The number of guanidine groups is 1. The molecule has 0 bridgehead atoms. The summed E-state index contributed by atoms with van der Waals surface area (Å²) < 4.78 is 1.79. The Hall–Kier alpha value is -1.16. The summed E-state index contributed by atoms with van der Waals surface area (Å²) in [5.41, 5.74) is 2.21. The standard InChI is InChI=1S/C13H20N6S.HI/c1-9-12(20-10(2)18-9)7-16-13(14-3)15-5-11-6-17-19(4)8-11;/h6,8H,5,7H2,1-4H3,(H2,14,15,16);1H. The molecule has 8 heteroatoms. The van der Waals surface area contributed by atoms with E-state index in [1.807, 2.05) is 33.3 Å². The Labute approximate surface area is 146 Å². The van der Waals surface area contributed by atoms with Crippen LogP contribution in [0.1, 0.15) is 21.1 Å². The summed E-state index contributed by atoms with van der Waals surface area (Å²) in [7, 11) is 3.68. The predicted octanol–water partition coefficient (Wildman–Crippen LogP) is 1.98. The molecule has 116 valence electrons. The number of nitrogens with zero attached hydrogens (tertiary/aromatic N) is 4. The van der Waals surface area contributed by atoms with Crippen LogP contribution in [-0.2, 0) is 20.1 Å². The minimum Gasteiger partial charge on any atom is -0.352 e. The van der Waals surface area contributed by atoms with Crippen LogP contribution in [0.3, 0.4) is 0 Å². The topological polar surface area (TPSA) is 67.1 Å². The molecule has 6 nitrogen and oxygen atoms in total. The van der Waals surface area contributed by atoms with Crippen molar-refractivity contribution in [1.82, 2.24) is 25.4 Å². The molecule has 2 aromatic rings. The lowest BCUT2D eigenvalue weighted by atomic mass is 10.3. The second-order valence-corrected chi connectivity index (χ2v) is 5.83. The van der Waals surface area contributed by atoms with Crippen molar-refractivity contribution in [1.29, 1.82) is 0 Å². The molecule has 2 aromatic heterocycles. The van der Waals surface area contributed by atoms with E-state index in [-0.39, 0.29) is 24.0 Å². The summed E-state index contributed by atoms with van der Waals surface area (Å²) in [5, 5.41) is 11.8. The van der Waals surface area contributed by atoms with Gasteiger partial charge in [-0.15, -0.1) is 35.3 Å². The van der Waals surface area contributed by atoms with Crippen molar-refractivity contribution in [3.63, 3.8) is 0 Å². The van der Waals surface area contributed by atoms with Crippen molar-refractivity contribution in [2.45, 2.75) is 26.9 Å². The normalized spacial score (nSPS) is 11.1. The molecule has 0 radical (unpaired) electrons. The van der Waals surface area contributed by atoms with Crippen molar-refractivity contribution >= 4 is 41.3 Å². The summed E-state index contributed by atoms with van der Waals surface area (Å²) in [4.78, 5) is 9.87. The number of thiazole rings is 1. The van der Waals surface area contributed by atoms with Gasteiger partial charge in [0.25, 0.3) is 0 Å². The highest BCUT2D eigenvalue weighted by Gasteiger charge is 2.06. The van der Waals surface area contributed by atoms with Crippen LogP contribution in [0.5, 0.6) is 0 Å².